The molecule has 0 bridgehead atoms. The number of nitrogens with zero attached hydrogens (tertiary/aromatic N) is 3. The topological polar surface area (TPSA) is 58.1 Å². The molecule has 1 saturated heterocycles. The molecule has 5 nitrogen and oxygen atoms in total. The van der Waals surface area contributed by atoms with Gasteiger partial charge in [-0.05, 0) is 24.3 Å². The highest BCUT2D eigenvalue weighted by Gasteiger charge is 2.32. The normalized spacial score (nSPS) is 21.5. The Morgan fingerprint density at radius 3 is 2.91 bits per heavy atom. The van der Waals surface area contributed by atoms with Gasteiger partial charge in [-0.25, -0.2) is 14.4 Å². The first kappa shape index (κ1) is 16.0. The summed E-state index contributed by atoms with van der Waals surface area (Å²) in [5.74, 6) is -0.0888. The smallest absolute Gasteiger partial charge is 0.252 e. The fraction of sp³-hybridized carbons (Fsp3) is 0.438. The van der Waals surface area contributed by atoms with Crippen LogP contribution in [-0.2, 0) is 6.54 Å². The van der Waals surface area contributed by atoms with Gasteiger partial charge in [-0.1, -0.05) is 0 Å². The molecular weight excluding hydrogens is 315 g/mol. The zero-order chi connectivity index (χ0) is 16.2. The van der Waals surface area contributed by atoms with Crippen molar-refractivity contribution in [2.24, 2.45) is 0 Å². The molecule has 3 rings (SSSR count). The molecule has 2 aromatic heterocycles. The van der Waals surface area contributed by atoms with Gasteiger partial charge in [0.05, 0.1) is 5.56 Å². The van der Waals surface area contributed by atoms with Gasteiger partial charge in [0, 0.05) is 49.0 Å². The van der Waals surface area contributed by atoms with E-state index in [0.717, 1.165) is 11.1 Å². The lowest BCUT2D eigenvalue weighted by Crippen LogP contribution is -2.39. The van der Waals surface area contributed by atoms with Crippen LogP contribution in [0.4, 0.5) is 4.39 Å². The highest BCUT2D eigenvalue weighted by Crippen LogP contribution is 2.22. The molecule has 2 aromatic rings. The molecule has 0 radical (unpaired) electrons. The Morgan fingerprint density at radius 1 is 1.43 bits per heavy atom. The molecule has 0 aromatic carbocycles. The third kappa shape index (κ3) is 3.92. The molecule has 0 spiro atoms. The van der Waals surface area contributed by atoms with Crippen LogP contribution in [0.3, 0.4) is 0 Å². The van der Waals surface area contributed by atoms with E-state index in [1.807, 2.05) is 22.6 Å². The Bertz CT molecular complexity index is 663. The van der Waals surface area contributed by atoms with Crippen molar-refractivity contribution in [2.45, 2.75) is 32.1 Å². The summed E-state index contributed by atoms with van der Waals surface area (Å²) in [7, 11) is 0. The van der Waals surface area contributed by atoms with Crippen LogP contribution >= 0.6 is 11.3 Å². The van der Waals surface area contributed by atoms with Gasteiger partial charge in [0.25, 0.3) is 5.91 Å². The van der Waals surface area contributed by atoms with Gasteiger partial charge in [0.15, 0.2) is 0 Å². The van der Waals surface area contributed by atoms with E-state index in [2.05, 4.69) is 15.3 Å². The first-order chi connectivity index (χ1) is 11.1. The van der Waals surface area contributed by atoms with Crippen LogP contribution in [-0.4, -0.2) is 46.1 Å². The van der Waals surface area contributed by atoms with Crippen molar-refractivity contribution in [3.63, 3.8) is 0 Å². The molecule has 1 aliphatic rings. The first-order valence-electron chi connectivity index (χ1n) is 7.56. The van der Waals surface area contributed by atoms with E-state index < -0.39 is 6.17 Å². The number of amides is 1. The zero-order valence-corrected chi connectivity index (χ0v) is 13.7. The molecule has 1 fully saturated rings. The summed E-state index contributed by atoms with van der Waals surface area (Å²) in [6, 6.07) is -0.00639. The Morgan fingerprint density at radius 2 is 2.22 bits per heavy atom. The van der Waals surface area contributed by atoms with Crippen molar-refractivity contribution in [1.29, 1.82) is 0 Å². The SMILES string of the molecule is Cc1cscc1C(=O)NC[C@@H]1C[C@H](F)CN1Cc1cncnc1. The van der Waals surface area contributed by atoms with Crippen molar-refractivity contribution in [3.05, 3.63) is 46.2 Å². The van der Waals surface area contributed by atoms with Crippen molar-refractivity contribution in [2.75, 3.05) is 13.1 Å². The Labute approximate surface area is 138 Å². The minimum absolute atomic E-state index is 0.00639. The lowest BCUT2D eigenvalue weighted by atomic mass is 10.1. The summed E-state index contributed by atoms with van der Waals surface area (Å²) in [5.41, 5.74) is 2.62. The largest absolute Gasteiger partial charge is 0.350 e. The minimum atomic E-state index is -0.857. The summed E-state index contributed by atoms with van der Waals surface area (Å²) >= 11 is 1.51. The fourth-order valence-electron chi connectivity index (χ4n) is 2.87. The predicted octanol–water partition coefficient (Wildman–Crippen LogP) is 2.19. The van der Waals surface area contributed by atoms with Crippen molar-refractivity contribution in [3.8, 4) is 0 Å². The number of hydrogen-bond donors (Lipinski definition) is 1. The fourth-order valence-corrected chi connectivity index (χ4v) is 3.70. The van der Waals surface area contributed by atoms with Crippen molar-refractivity contribution in [1.82, 2.24) is 20.2 Å². The van der Waals surface area contributed by atoms with E-state index in [4.69, 9.17) is 0 Å². The van der Waals surface area contributed by atoms with Crippen LogP contribution in [0.2, 0.25) is 0 Å². The van der Waals surface area contributed by atoms with E-state index in [0.29, 0.717) is 31.6 Å². The summed E-state index contributed by atoms with van der Waals surface area (Å²) in [5, 5.41) is 6.72. The number of aromatic nitrogens is 2. The van der Waals surface area contributed by atoms with Gasteiger partial charge in [0.1, 0.15) is 12.5 Å². The molecule has 0 saturated carbocycles. The molecular formula is C16H19FN4OS. The number of thiophene rings is 1. The number of likely N-dealkylation sites (tertiary alicyclic amines) is 1. The van der Waals surface area contributed by atoms with Gasteiger partial charge < -0.3 is 5.32 Å². The van der Waals surface area contributed by atoms with Crippen molar-refractivity contribution >= 4 is 17.2 Å². The maximum atomic E-state index is 13.8. The number of rotatable bonds is 5. The maximum Gasteiger partial charge on any atom is 0.252 e. The van der Waals surface area contributed by atoms with Crippen LogP contribution in [0.5, 0.6) is 0 Å². The molecule has 1 N–H and O–H groups in total. The van der Waals surface area contributed by atoms with Gasteiger partial charge >= 0.3 is 0 Å². The van der Waals surface area contributed by atoms with E-state index in [1.54, 1.807) is 12.4 Å². The van der Waals surface area contributed by atoms with E-state index in [-0.39, 0.29) is 11.9 Å². The summed E-state index contributed by atoms with van der Waals surface area (Å²) < 4.78 is 13.8. The Kier molecular flexibility index (Phi) is 4.97. The number of halogens is 1. The first-order valence-corrected chi connectivity index (χ1v) is 8.50. The number of nitrogens with one attached hydrogen (secondary N) is 1. The second-order valence-corrected chi connectivity index (χ2v) is 6.59. The average Bonchev–Trinajstić information content (AvgIpc) is 3.12. The Hall–Kier alpha value is -1.86. The number of carbonyl (C=O) groups is 1. The predicted molar refractivity (Wildman–Crippen MR) is 87.1 cm³/mol. The molecule has 122 valence electrons. The quantitative estimate of drug-likeness (QED) is 0.911. The monoisotopic (exact) mass is 334 g/mol. The lowest BCUT2D eigenvalue weighted by Gasteiger charge is -2.24. The minimum Gasteiger partial charge on any atom is -0.350 e. The van der Waals surface area contributed by atoms with Crippen LogP contribution in [0.1, 0.15) is 27.9 Å². The average molecular weight is 334 g/mol. The standard InChI is InChI=1S/C16H19FN4OS/c1-11-8-23-9-15(11)16(22)20-5-14-2-13(17)7-21(14)6-12-3-18-10-19-4-12/h3-4,8-10,13-14H,2,5-7H2,1H3,(H,20,22)/t13-,14-/m0/s1. The summed E-state index contributed by atoms with van der Waals surface area (Å²) in [6.45, 7) is 3.34. The molecule has 3 heterocycles. The van der Waals surface area contributed by atoms with Crippen LogP contribution in [0.25, 0.3) is 0 Å². The second-order valence-electron chi connectivity index (χ2n) is 5.84. The van der Waals surface area contributed by atoms with Crippen LogP contribution < -0.4 is 5.32 Å². The molecule has 23 heavy (non-hydrogen) atoms. The molecule has 2 atom stereocenters. The number of alkyl halides is 1. The third-order valence-electron chi connectivity index (χ3n) is 4.07. The maximum absolute atomic E-state index is 13.8. The molecule has 0 aliphatic carbocycles. The Balaban J connectivity index is 1.59. The second kappa shape index (κ2) is 7.14. The van der Waals surface area contributed by atoms with E-state index >= 15 is 0 Å². The van der Waals surface area contributed by atoms with Crippen LogP contribution in [0.15, 0.2) is 29.5 Å². The lowest BCUT2D eigenvalue weighted by molar-refractivity contribution is 0.0939. The number of hydrogen-bond acceptors (Lipinski definition) is 5. The van der Waals surface area contributed by atoms with Crippen LogP contribution in [0, 0.1) is 6.92 Å². The highest BCUT2D eigenvalue weighted by atomic mass is 32.1. The molecule has 1 aliphatic heterocycles. The summed E-state index contributed by atoms with van der Waals surface area (Å²) in [4.78, 5) is 22.2. The molecule has 0 unspecified atom stereocenters. The summed E-state index contributed by atoms with van der Waals surface area (Å²) in [6.07, 6.45) is 4.54. The molecule has 7 heteroatoms. The van der Waals surface area contributed by atoms with Crippen molar-refractivity contribution < 1.29 is 9.18 Å². The number of aryl methyl sites for hydroxylation is 1. The van der Waals surface area contributed by atoms with E-state index in [1.165, 1.54) is 17.7 Å². The van der Waals surface area contributed by atoms with Gasteiger partial charge in [0.2, 0.25) is 0 Å². The van der Waals surface area contributed by atoms with Gasteiger partial charge in [-0.3, -0.25) is 9.69 Å². The molecule has 1 amide bonds. The van der Waals surface area contributed by atoms with Gasteiger partial charge in [-0.15, -0.1) is 0 Å². The zero-order valence-electron chi connectivity index (χ0n) is 12.9. The van der Waals surface area contributed by atoms with E-state index in [9.17, 15) is 9.18 Å². The number of carbonyl (C=O) groups excluding carboxylic acids is 1. The third-order valence-corrected chi connectivity index (χ3v) is 4.94. The van der Waals surface area contributed by atoms with Gasteiger partial charge in [-0.2, -0.15) is 11.3 Å². The highest BCUT2D eigenvalue weighted by molar-refractivity contribution is 7.08.